The fourth-order valence-corrected chi connectivity index (χ4v) is 2.40. The van der Waals surface area contributed by atoms with Gasteiger partial charge in [0.25, 0.3) is 0 Å². The monoisotopic (exact) mass is 468 g/mol. The van der Waals surface area contributed by atoms with Gasteiger partial charge in [0.15, 0.2) is 0 Å². The molecule has 1 aliphatic rings. The lowest BCUT2D eigenvalue weighted by Gasteiger charge is -2.20. The second kappa shape index (κ2) is 26.9. The SMILES string of the molecule is CCCCC(C)O.CCCCC(C)OC(CO)COCCOC.COCCOCC1CO1. The molecule has 0 bridgehead atoms. The lowest BCUT2D eigenvalue weighted by atomic mass is 10.2. The predicted octanol–water partition coefficient (Wildman–Crippen LogP) is 3.21. The average Bonchev–Trinajstić information content (AvgIpc) is 3.61. The minimum absolute atomic E-state index is 0.00342. The van der Waals surface area contributed by atoms with E-state index in [1.54, 1.807) is 14.2 Å². The summed E-state index contributed by atoms with van der Waals surface area (Å²) in [4.78, 5) is 0. The minimum Gasteiger partial charge on any atom is -0.394 e. The summed E-state index contributed by atoms with van der Waals surface area (Å²) in [6.45, 7) is 12.6. The zero-order valence-electron chi connectivity index (χ0n) is 21.6. The number of epoxide rings is 1. The van der Waals surface area contributed by atoms with Crippen LogP contribution in [0.1, 0.15) is 66.2 Å². The van der Waals surface area contributed by atoms with Crippen molar-refractivity contribution >= 4 is 0 Å². The van der Waals surface area contributed by atoms with Gasteiger partial charge in [0.05, 0.1) is 65.1 Å². The van der Waals surface area contributed by atoms with E-state index in [-0.39, 0.29) is 24.9 Å². The highest BCUT2D eigenvalue weighted by Crippen LogP contribution is 2.08. The number of unbranched alkanes of at least 4 members (excludes halogenated alkanes) is 2. The molecule has 0 spiro atoms. The minimum atomic E-state index is -0.219. The van der Waals surface area contributed by atoms with Crippen molar-refractivity contribution in [3.63, 3.8) is 0 Å². The Bertz CT molecular complexity index is 340. The molecule has 0 aromatic carbocycles. The number of aliphatic hydroxyl groups excluding tert-OH is 2. The van der Waals surface area contributed by atoms with Crippen LogP contribution in [0.4, 0.5) is 0 Å². The first-order chi connectivity index (χ1) is 15.4. The zero-order chi connectivity index (χ0) is 24.5. The van der Waals surface area contributed by atoms with Crippen LogP contribution in [0.15, 0.2) is 0 Å². The first-order valence-corrected chi connectivity index (χ1v) is 12.1. The van der Waals surface area contributed by atoms with E-state index in [9.17, 15) is 0 Å². The molecule has 1 fully saturated rings. The van der Waals surface area contributed by atoms with Crippen molar-refractivity contribution in [1.29, 1.82) is 0 Å². The van der Waals surface area contributed by atoms with Gasteiger partial charge < -0.3 is 38.6 Å². The Kier molecular flexibility index (Phi) is 28.5. The van der Waals surface area contributed by atoms with Crippen molar-refractivity contribution in [3.8, 4) is 0 Å². The van der Waals surface area contributed by atoms with Gasteiger partial charge in [0, 0.05) is 14.2 Å². The van der Waals surface area contributed by atoms with Crippen LogP contribution in [0, 0.1) is 0 Å². The molecule has 196 valence electrons. The van der Waals surface area contributed by atoms with Gasteiger partial charge in [-0.1, -0.05) is 39.5 Å². The van der Waals surface area contributed by atoms with Crippen LogP contribution in [-0.4, -0.2) is 102 Å². The summed E-state index contributed by atoms with van der Waals surface area (Å²) in [7, 11) is 3.30. The van der Waals surface area contributed by atoms with Gasteiger partial charge in [-0.3, -0.25) is 0 Å². The molecule has 1 heterocycles. The molecule has 32 heavy (non-hydrogen) atoms. The molecule has 4 unspecified atom stereocenters. The summed E-state index contributed by atoms with van der Waals surface area (Å²) in [5, 5.41) is 17.8. The van der Waals surface area contributed by atoms with Crippen LogP contribution in [-0.2, 0) is 28.4 Å². The van der Waals surface area contributed by atoms with E-state index >= 15 is 0 Å². The molecule has 8 nitrogen and oxygen atoms in total. The Morgan fingerprint density at radius 3 is 1.91 bits per heavy atom. The summed E-state index contributed by atoms with van der Waals surface area (Å²) in [5.74, 6) is 0. The van der Waals surface area contributed by atoms with Gasteiger partial charge in [-0.15, -0.1) is 0 Å². The molecule has 0 aliphatic carbocycles. The van der Waals surface area contributed by atoms with Gasteiger partial charge in [-0.2, -0.15) is 0 Å². The molecular formula is C24H52O8. The molecular weight excluding hydrogens is 416 g/mol. The number of aliphatic hydroxyl groups is 2. The van der Waals surface area contributed by atoms with Crippen molar-refractivity contribution in [1.82, 2.24) is 0 Å². The largest absolute Gasteiger partial charge is 0.394 e. The molecule has 0 aromatic heterocycles. The van der Waals surface area contributed by atoms with Crippen molar-refractivity contribution in [2.45, 2.75) is 90.6 Å². The molecule has 2 N–H and O–H groups in total. The number of methoxy groups -OCH3 is 2. The van der Waals surface area contributed by atoms with Crippen molar-refractivity contribution in [2.75, 3.05) is 67.1 Å². The normalized spacial score (nSPS) is 17.4. The number of ether oxygens (including phenoxy) is 6. The maximum absolute atomic E-state index is 9.12. The fourth-order valence-electron chi connectivity index (χ4n) is 2.40. The molecule has 4 atom stereocenters. The van der Waals surface area contributed by atoms with Crippen LogP contribution < -0.4 is 0 Å². The molecule has 1 rings (SSSR count). The van der Waals surface area contributed by atoms with E-state index < -0.39 is 0 Å². The number of rotatable bonds is 19. The third-order valence-corrected chi connectivity index (χ3v) is 4.44. The highest BCUT2D eigenvalue weighted by Gasteiger charge is 2.21. The average molecular weight is 469 g/mol. The second-order valence-electron chi connectivity index (χ2n) is 7.98. The predicted molar refractivity (Wildman–Crippen MR) is 127 cm³/mol. The van der Waals surface area contributed by atoms with Crippen LogP contribution in [0.5, 0.6) is 0 Å². The van der Waals surface area contributed by atoms with E-state index in [2.05, 4.69) is 13.8 Å². The Labute approximate surface area is 196 Å². The van der Waals surface area contributed by atoms with Crippen LogP contribution in [0.25, 0.3) is 0 Å². The third-order valence-electron chi connectivity index (χ3n) is 4.44. The van der Waals surface area contributed by atoms with E-state index in [1.807, 2.05) is 13.8 Å². The van der Waals surface area contributed by atoms with Crippen LogP contribution in [0.3, 0.4) is 0 Å². The topological polar surface area (TPSA) is 99.1 Å². The Balaban J connectivity index is 0. The van der Waals surface area contributed by atoms with E-state index in [1.165, 1.54) is 12.8 Å². The standard InChI is InChI=1S/C12H26O4.C6H12O3.C6H14O/c1-4-5-6-11(2)16-12(9-13)10-15-8-7-14-3;1-7-2-3-8-4-6-5-9-6;1-3-4-5-6(2)7/h11-13H,4-10H2,1-3H3;6H,2-5H2,1H3;6-7H,3-5H2,1-2H3. The maximum Gasteiger partial charge on any atom is 0.104 e. The zero-order valence-corrected chi connectivity index (χ0v) is 21.6. The first kappa shape index (κ1) is 33.9. The molecule has 0 radical (unpaired) electrons. The van der Waals surface area contributed by atoms with E-state index in [0.29, 0.717) is 39.1 Å². The van der Waals surface area contributed by atoms with Crippen molar-refractivity contribution < 1.29 is 38.6 Å². The highest BCUT2D eigenvalue weighted by molar-refractivity contribution is 4.66. The van der Waals surface area contributed by atoms with Crippen LogP contribution in [0.2, 0.25) is 0 Å². The van der Waals surface area contributed by atoms with E-state index in [4.69, 9.17) is 38.6 Å². The lowest BCUT2D eigenvalue weighted by Crippen LogP contribution is -2.28. The second-order valence-corrected chi connectivity index (χ2v) is 7.98. The molecule has 1 aliphatic heterocycles. The van der Waals surface area contributed by atoms with Gasteiger partial charge in [-0.25, -0.2) is 0 Å². The number of hydrogen-bond acceptors (Lipinski definition) is 8. The summed E-state index contributed by atoms with van der Waals surface area (Å²) in [5.41, 5.74) is 0. The molecule has 0 aromatic rings. The van der Waals surface area contributed by atoms with Crippen LogP contribution >= 0.6 is 0 Å². The molecule has 8 heteroatoms. The van der Waals surface area contributed by atoms with Crippen molar-refractivity contribution in [3.05, 3.63) is 0 Å². The summed E-state index contributed by atoms with van der Waals surface area (Å²) in [6.07, 6.45) is 6.89. The molecule has 0 saturated carbocycles. The summed E-state index contributed by atoms with van der Waals surface area (Å²) < 4.78 is 30.7. The number of hydrogen-bond donors (Lipinski definition) is 2. The first-order valence-electron chi connectivity index (χ1n) is 12.1. The fraction of sp³-hybridized carbons (Fsp3) is 1.00. The highest BCUT2D eigenvalue weighted by atomic mass is 16.6. The van der Waals surface area contributed by atoms with Gasteiger partial charge in [-0.05, 0) is 26.7 Å². The smallest absolute Gasteiger partial charge is 0.104 e. The van der Waals surface area contributed by atoms with E-state index in [0.717, 1.165) is 38.9 Å². The lowest BCUT2D eigenvalue weighted by molar-refractivity contribution is -0.0793. The Hall–Kier alpha value is -0.320. The molecule has 0 amide bonds. The van der Waals surface area contributed by atoms with Gasteiger partial charge in [0.1, 0.15) is 12.2 Å². The summed E-state index contributed by atoms with van der Waals surface area (Å²) in [6, 6.07) is 0. The summed E-state index contributed by atoms with van der Waals surface area (Å²) >= 11 is 0. The van der Waals surface area contributed by atoms with Gasteiger partial charge >= 0.3 is 0 Å². The Morgan fingerprint density at radius 2 is 1.47 bits per heavy atom. The third kappa shape index (κ3) is 29.7. The molecule has 1 saturated heterocycles. The van der Waals surface area contributed by atoms with Crippen molar-refractivity contribution in [2.24, 2.45) is 0 Å². The quantitative estimate of drug-likeness (QED) is 0.220. The Morgan fingerprint density at radius 1 is 0.906 bits per heavy atom. The van der Waals surface area contributed by atoms with Gasteiger partial charge in [0.2, 0.25) is 0 Å². The maximum atomic E-state index is 9.12.